The third-order valence-corrected chi connectivity index (χ3v) is 0.778. The summed E-state index contributed by atoms with van der Waals surface area (Å²) in [7, 11) is 24.0. The van der Waals surface area contributed by atoms with E-state index in [4.69, 9.17) is 15.5 Å². The maximum atomic E-state index is 5.08. The summed E-state index contributed by atoms with van der Waals surface area (Å²) in [6.07, 6.45) is 0. The molecule has 0 saturated carbocycles. The van der Waals surface area contributed by atoms with Gasteiger partial charge in [0.1, 0.15) is 0 Å². The fraction of sp³-hybridized carbons (Fsp3) is 0. The molecular formula is HB10Li. The molecule has 0 saturated heterocycles. The van der Waals surface area contributed by atoms with Crippen LogP contribution in [0.5, 0.6) is 0 Å². The first kappa shape index (κ1) is 14.8. The molecule has 32 valence electrons. The van der Waals surface area contributed by atoms with Crippen LogP contribution in [0.2, 0.25) is 0 Å². The number of hydrogen-bond acceptors (Lipinski definition) is 0. The van der Waals surface area contributed by atoms with Gasteiger partial charge >= 0.3 is 18.9 Å². The number of rotatable bonds is 7. The van der Waals surface area contributed by atoms with Crippen LogP contribution in [0.25, 0.3) is 0 Å². The van der Waals surface area contributed by atoms with Gasteiger partial charge < -0.3 is 1.43 Å². The van der Waals surface area contributed by atoms with Crippen molar-refractivity contribution >= 4 is 72.0 Å². The molecule has 0 bridgehead atoms. The Morgan fingerprint density at radius 3 is 1.18 bits per heavy atom. The van der Waals surface area contributed by atoms with Gasteiger partial charge in [-0.1, -0.05) is 0 Å². The second-order valence-electron chi connectivity index (χ2n) is 1.54. The van der Waals surface area contributed by atoms with Gasteiger partial charge in [-0.15, -0.1) is 0 Å². The van der Waals surface area contributed by atoms with Crippen LogP contribution >= 0.6 is 0 Å². The van der Waals surface area contributed by atoms with Gasteiger partial charge in [-0.05, 0) is 0 Å². The van der Waals surface area contributed by atoms with Crippen LogP contribution in [0, 0.1) is 0 Å². The van der Waals surface area contributed by atoms with Gasteiger partial charge in [-0.25, -0.2) is 0 Å². The van der Waals surface area contributed by atoms with Crippen molar-refractivity contribution in [3.63, 3.8) is 0 Å². The molecule has 0 rings (SSSR count). The van der Waals surface area contributed by atoms with E-state index < -0.39 is 0 Å². The van der Waals surface area contributed by atoms with Crippen molar-refractivity contribution in [3.8, 4) is 0 Å². The Kier molecular flexibility index (Phi) is 18.5. The molecule has 0 aliphatic heterocycles. The Morgan fingerprint density at radius 2 is 0.909 bits per heavy atom. The Bertz CT molecular complexity index is 49.8. The minimum atomic E-state index is 0. The summed E-state index contributed by atoms with van der Waals surface area (Å²) < 4.78 is 0. The molecule has 0 N–H and O–H groups in total. The summed E-state index contributed by atoms with van der Waals surface area (Å²) in [4.78, 5) is 0. The van der Waals surface area contributed by atoms with Gasteiger partial charge in [-0.2, -0.15) is 0 Å². The fourth-order valence-electron chi connectivity index (χ4n) is 0.385. The molecule has 0 aliphatic rings. The third-order valence-electron chi connectivity index (χ3n) is 0.778. The van der Waals surface area contributed by atoms with Crippen LogP contribution < -0.4 is 18.9 Å². The van der Waals surface area contributed by atoms with Crippen molar-refractivity contribution in [1.82, 2.24) is 0 Å². The van der Waals surface area contributed by atoms with Crippen molar-refractivity contribution < 1.29 is 20.3 Å². The molecular weight excluding hydrogens is 115 g/mol. The van der Waals surface area contributed by atoms with Crippen LogP contribution in [0.3, 0.4) is 0 Å². The first-order chi connectivity index (χ1) is 4.91. The first-order valence-electron chi connectivity index (χ1n) is 3.00. The minimum Gasteiger partial charge on any atom is -1.00 e. The molecule has 0 amide bonds. The van der Waals surface area contributed by atoms with Crippen LogP contribution in [-0.2, 0) is 0 Å². The molecule has 11 heteroatoms. The van der Waals surface area contributed by atoms with E-state index in [0.29, 0.717) is 0 Å². The maximum Gasteiger partial charge on any atom is 1.00 e. The average molecular weight is 116 g/mol. The molecule has 0 aromatic carbocycles. The predicted molar refractivity (Wildman–Crippen MR) is 58.7 cm³/mol. The quantitative estimate of drug-likeness (QED) is 0.229. The third kappa shape index (κ3) is 14.1. The Hall–Kier alpha value is 1.25. The largest absolute Gasteiger partial charge is 1.00 e. The van der Waals surface area contributed by atoms with E-state index in [2.05, 4.69) is 0 Å². The van der Waals surface area contributed by atoms with E-state index in [9.17, 15) is 0 Å². The zero-order valence-electron chi connectivity index (χ0n) is 7.77. The average Bonchev–Trinajstić information content (AvgIpc) is 1.97. The topological polar surface area (TPSA) is 0 Å². The molecule has 0 heterocycles. The predicted octanol–water partition coefficient (Wildman–Crippen LogP) is -6.69. The zero-order chi connectivity index (χ0) is 7.66. The van der Waals surface area contributed by atoms with Crippen molar-refractivity contribution in [2.75, 3.05) is 0 Å². The molecule has 0 fully saturated rings. The van der Waals surface area contributed by atoms with Gasteiger partial charge in [0.25, 0.3) is 0 Å². The zero-order valence-corrected chi connectivity index (χ0v) is 6.77. The van der Waals surface area contributed by atoms with Gasteiger partial charge in [0, 0.05) is 72.0 Å². The Balaban J connectivity index is -0.000000405. The summed E-state index contributed by atoms with van der Waals surface area (Å²) in [5.74, 6) is 0. The monoisotopic (exact) mass is 118 g/mol. The van der Waals surface area contributed by atoms with Crippen LogP contribution in [0.15, 0.2) is 0 Å². The van der Waals surface area contributed by atoms with E-state index >= 15 is 0 Å². The van der Waals surface area contributed by atoms with Gasteiger partial charge in [0.15, 0.2) is 0 Å². The van der Waals surface area contributed by atoms with Crippen LogP contribution in [-0.4, -0.2) is 72.0 Å². The van der Waals surface area contributed by atoms with Crippen LogP contribution in [0.4, 0.5) is 0 Å². The molecule has 11 heavy (non-hydrogen) atoms. The van der Waals surface area contributed by atoms with Crippen molar-refractivity contribution in [2.45, 2.75) is 0 Å². The molecule has 12 radical (unpaired) electrons. The molecule has 0 unspecified atom stereocenters. The molecule has 0 spiro atoms. The van der Waals surface area contributed by atoms with Gasteiger partial charge in [0.2, 0.25) is 0 Å². The maximum absolute atomic E-state index is 5.08. The van der Waals surface area contributed by atoms with Gasteiger partial charge in [-0.3, -0.25) is 0 Å². The normalized spacial score (nSPS) is 6.18. The van der Waals surface area contributed by atoms with E-state index in [1.807, 2.05) is 28.2 Å². The number of hydrogen-bond donors (Lipinski definition) is 0. The summed E-state index contributed by atoms with van der Waals surface area (Å²) in [5, 5.41) is 0. The molecule has 0 aliphatic carbocycles. The Labute approximate surface area is 92.2 Å². The van der Waals surface area contributed by atoms with Crippen LogP contribution in [0.1, 0.15) is 1.43 Å². The Morgan fingerprint density at radius 1 is 0.636 bits per heavy atom. The summed E-state index contributed by atoms with van der Waals surface area (Å²) >= 11 is 0. The van der Waals surface area contributed by atoms with E-state index in [1.54, 1.807) is 14.1 Å². The van der Waals surface area contributed by atoms with Crippen molar-refractivity contribution in [1.29, 1.82) is 0 Å². The fourth-order valence-corrected chi connectivity index (χ4v) is 0.385. The molecule has 0 aromatic heterocycles. The van der Waals surface area contributed by atoms with Gasteiger partial charge in [0.05, 0.1) is 0 Å². The minimum absolute atomic E-state index is 0. The van der Waals surface area contributed by atoms with E-state index in [0.717, 1.165) is 0 Å². The molecule has 0 nitrogen and oxygen atoms in total. The van der Waals surface area contributed by atoms with Crippen molar-refractivity contribution in [3.05, 3.63) is 0 Å². The first-order valence-corrected chi connectivity index (χ1v) is 3.00. The SMILES string of the molecule is [B][B][B][B][B][B][B][B][B][B].[H-].[Li+]. The van der Waals surface area contributed by atoms with E-state index in [1.165, 1.54) is 14.1 Å². The smallest absolute Gasteiger partial charge is 1.00 e. The van der Waals surface area contributed by atoms with E-state index in [-0.39, 0.29) is 20.3 Å². The summed E-state index contributed by atoms with van der Waals surface area (Å²) in [5.41, 5.74) is 0. The summed E-state index contributed by atoms with van der Waals surface area (Å²) in [6, 6.07) is 0. The molecule has 0 aromatic rings. The molecule has 0 atom stereocenters. The van der Waals surface area contributed by atoms with Crippen molar-refractivity contribution in [2.24, 2.45) is 0 Å². The second-order valence-corrected chi connectivity index (χ2v) is 1.54. The standard InChI is InChI=1S/B10.Li.H/c1-3-5-7-9-10-8-6-4-2;;/q;+1;-1. The second kappa shape index (κ2) is 13.8. The summed E-state index contributed by atoms with van der Waals surface area (Å²) in [6.45, 7) is 0.